The van der Waals surface area contributed by atoms with Crippen LogP contribution in [0.5, 0.6) is 0 Å². The van der Waals surface area contributed by atoms with Gasteiger partial charge in [0.25, 0.3) is 0 Å². The number of benzene rings is 1. The van der Waals surface area contributed by atoms with Crippen molar-refractivity contribution in [2.75, 3.05) is 18.0 Å². The minimum absolute atomic E-state index is 0.779. The highest BCUT2D eigenvalue weighted by Gasteiger charge is 2.19. The van der Waals surface area contributed by atoms with Crippen molar-refractivity contribution >= 4 is 56.3 Å². The molecule has 1 saturated heterocycles. The summed E-state index contributed by atoms with van der Waals surface area (Å²) in [6.45, 7) is 4.21. The van der Waals surface area contributed by atoms with E-state index in [9.17, 15) is 0 Å². The molecule has 110 valence electrons. The zero-order valence-corrected chi connectivity index (χ0v) is 15.5. The van der Waals surface area contributed by atoms with E-state index in [2.05, 4.69) is 67.5 Å². The van der Waals surface area contributed by atoms with Gasteiger partial charge in [0, 0.05) is 22.7 Å². The number of nitrogens with zero attached hydrogens (tertiary/aromatic N) is 2. The van der Waals surface area contributed by atoms with E-state index in [1.54, 1.807) is 6.21 Å². The van der Waals surface area contributed by atoms with Gasteiger partial charge in [-0.2, -0.15) is 0 Å². The minimum Gasteiger partial charge on any atom is -0.438 e. The molecule has 3 nitrogen and oxygen atoms in total. The summed E-state index contributed by atoms with van der Waals surface area (Å²) < 4.78 is 8.14. The number of halogens is 2. The van der Waals surface area contributed by atoms with Crippen molar-refractivity contribution in [3.63, 3.8) is 0 Å². The van der Waals surface area contributed by atoms with Gasteiger partial charge in [-0.25, -0.2) is 0 Å². The van der Waals surface area contributed by atoms with E-state index in [-0.39, 0.29) is 0 Å². The first-order chi connectivity index (χ1) is 10.1. The Labute approximate surface area is 146 Å². The lowest BCUT2D eigenvalue weighted by Crippen LogP contribution is -2.17. The average molecular weight is 459 g/mol. The zero-order valence-electron chi connectivity index (χ0n) is 11.8. The van der Waals surface area contributed by atoms with E-state index in [0.29, 0.717) is 0 Å². The third-order valence-electron chi connectivity index (χ3n) is 3.57. The summed E-state index contributed by atoms with van der Waals surface area (Å²) in [4.78, 5) is 6.81. The molecule has 0 saturated carbocycles. The Morgan fingerprint density at radius 2 is 2.05 bits per heavy atom. The van der Waals surface area contributed by atoms with Gasteiger partial charge in [0.05, 0.1) is 16.4 Å². The van der Waals surface area contributed by atoms with Gasteiger partial charge in [-0.1, -0.05) is 0 Å². The number of aryl methyl sites for hydroxylation is 1. The fourth-order valence-corrected chi connectivity index (χ4v) is 3.68. The Kier molecular flexibility index (Phi) is 4.69. The Morgan fingerprint density at radius 1 is 1.29 bits per heavy atom. The monoisotopic (exact) mass is 458 g/mol. The van der Waals surface area contributed by atoms with E-state index in [4.69, 9.17) is 4.42 Å². The van der Waals surface area contributed by atoms with Crippen LogP contribution in [0.4, 0.5) is 11.6 Å². The lowest BCUT2D eigenvalue weighted by atomic mass is 10.2. The van der Waals surface area contributed by atoms with Crippen molar-refractivity contribution in [1.82, 2.24) is 0 Å². The largest absolute Gasteiger partial charge is 0.438 e. The van der Waals surface area contributed by atoms with E-state index >= 15 is 0 Å². The minimum atomic E-state index is 0.779. The molecule has 0 spiro atoms. The first kappa shape index (κ1) is 15.1. The lowest BCUT2D eigenvalue weighted by molar-refractivity contribution is 0.549. The fourth-order valence-electron chi connectivity index (χ4n) is 2.47. The molecule has 0 amide bonds. The number of rotatable bonds is 3. The van der Waals surface area contributed by atoms with Gasteiger partial charge in [0.2, 0.25) is 5.88 Å². The maximum Gasteiger partial charge on any atom is 0.210 e. The molecular formula is C16H16BrIN2O. The van der Waals surface area contributed by atoms with Crippen LogP contribution < -0.4 is 4.90 Å². The second-order valence-electron chi connectivity index (χ2n) is 5.19. The number of aliphatic imine (C=N–C) groups is 1. The Hall–Kier alpha value is -0.820. The highest BCUT2D eigenvalue weighted by atomic mass is 127. The summed E-state index contributed by atoms with van der Waals surface area (Å²) in [6.07, 6.45) is 4.26. The number of furan rings is 1. The van der Waals surface area contributed by atoms with Crippen molar-refractivity contribution in [2.45, 2.75) is 19.8 Å². The fraction of sp³-hybridized carbons (Fsp3) is 0.312. The number of hydrogen-bond donors (Lipinski definition) is 0. The van der Waals surface area contributed by atoms with Crippen molar-refractivity contribution in [2.24, 2.45) is 4.99 Å². The second-order valence-corrected chi connectivity index (χ2v) is 7.28. The molecule has 1 aliphatic heterocycles. The van der Waals surface area contributed by atoms with Crippen molar-refractivity contribution in [1.29, 1.82) is 0 Å². The van der Waals surface area contributed by atoms with Crippen LogP contribution in [-0.2, 0) is 0 Å². The summed E-state index contributed by atoms with van der Waals surface area (Å²) in [5.74, 6) is 1.70. The molecule has 1 aromatic heterocycles. The molecule has 0 N–H and O–H groups in total. The molecule has 1 fully saturated rings. The molecule has 0 radical (unpaired) electrons. The van der Waals surface area contributed by atoms with Crippen molar-refractivity contribution < 1.29 is 4.42 Å². The van der Waals surface area contributed by atoms with E-state index < -0.39 is 0 Å². The van der Waals surface area contributed by atoms with E-state index in [0.717, 1.165) is 34.9 Å². The molecule has 5 heteroatoms. The maximum atomic E-state index is 5.91. The van der Waals surface area contributed by atoms with Crippen LogP contribution in [-0.4, -0.2) is 19.3 Å². The average Bonchev–Trinajstić information content (AvgIpc) is 3.07. The van der Waals surface area contributed by atoms with Crippen LogP contribution in [0.15, 0.2) is 38.1 Å². The molecule has 0 atom stereocenters. The predicted octanol–water partition coefficient (Wildman–Crippen LogP) is 5.31. The molecule has 1 aliphatic rings. The second kappa shape index (κ2) is 6.52. The van der Waals surface area contributed by atoms with Gasteiger partial charge in [-0.05, 0) is 82.0 Å². The Morgan fingerprint density at radius 3 is 2.76 bits per heavy atom. The maximum absolute atomic E-state index is 5.91. The molecule has 3 rings (SSSR count). The van der Waals surface area contributed by atoms with Crippen molar-refractivity contribution in [3.05, 3.63) is 43.6 Å². The van der Waals surface area contributed by atoms with E-state index in [1.165, 1.54) is 22.0 Å². The van der Waals surface area contributed by atoms with Gasteiger partial charge in [0.15, 0.2) is 0 Å². The molecule has 2 aromatic rings. The SMILES string of the molecule is Cc1cc(I)ccc1N=Cc1cc(Br)c(N2CCCC2)o1. The van der Waals surface area contributed by atoms with Gasteiger partial charge in [-0.15, -0.1) is 0 Å². The third kappa shape index (κ3) is 3.51. The topological polar surface area (TPSA) is 28.7 Å². The van der Waals surface area contributed by atoms with Crippen LogP contribution in [0.1, 0.15) is 24.2 Å². The first-order valence-electron chi connectivity index (χ1n) is 6.98. The van der Waals surface area contributed by atoms with Crippen LogP contribution in [0.3, 0.4) is 0 Å². The molecular weight excluding hydrogens is 443 g/mol. The van der Waals surface area contributed by atoms with Crippen LogP contribution in [0.2, 0.25) is 0 Å². The van der Waals surface area contributed by atoms with Gasteiger partial charge < -0.3 is 9.32 Å². The van der Waals surface area contributed by atoms with Crippen molar-refractivity contribution in [3.8, 4) is 0 Å². The number of hydrogen-bond acceptors (Lipinski definition) is 3. The highest BCUT2D eigenvalue weighted by Crippen LogP contribution is 2.32. The summed E-state index contributed by atoms with van der Waals surface area (Å²) >= 11 is 5.89. The number of anilines is 1. The molecule has 0 bridgehead atoms. The van der Waals surface area contributed by atoms with Gasteiger partial charge in [-0.3, -0.25) is 4.99 Å². The Balaban J connectivity index is 1.81. The summed E-state index contributed by atoms with van der Waals surface area (Å²) in [7, 11) is 0. The smallest absolute Gasteiger partial charge is 0.210 e. The first-order valence-corrected chi connectivity index (χ1v) is 8.85. The standard InChI is InChI=1S/C16H16BrIN2O/c1-11-8-12(18)4-5-15(11)19-10-13-9-14(17)16(21-13)20-6-2-3-7-20/h4-5,8-10H,2-3,6-7H2,1H3. The van der Waals surface area contributed by atoms with Crippen LogP contribution in [0.25, 0.3) is 0 Å². The normalized spacial score (nSPS) is 15.3. The Bertz CT molecular complexity index is 675. The van der Waals surface area contributed by atoms with Crippen LogP contribution in [0, 0.1) is 10.5 Å². The molecule has 2 heterocycles. The molecule has 0 unspecified atom stereocenters. The predicted molar refractivity (Wildman–Crippen MR) is 99.0 cm³/mol. The highest BCUT2D eigenvalue weighted by molar-refractivity contribution is 14.1. The molecule has 0 aliphatic carbocycles. The summed E-state index contributed by atoms with van der Waals surface area (Å²) in [6, 6.07) is 8.21. The lowest BCUT2D eigenvalue weighted by Gasteiger charge is -2.13. The van der Waals surface area contributed by atoms with Gasteiger partial charge in [0.1, 0.15) is 5.76 Å². The third-order valence-corrected chi connectivity index (χ3v) is 4.81. The summed E-state index contributed by atoms with van der Waals surface area (Å²) in [5, 5.41) is 0. The molecule has 21 heavy (non-hydrogen) atoms. The quantitative estimate of drug-likeness (QED) is 0.460. The van der Waals surface area contributed by atoms with E-state index in [1.807, 2.05) is 12.1 Å². The summed E-state index contributed by atoms with van der Waals surface area (Å²) in [5.41, 5.74) is 2.15. The molecule has 1 aromatic carbocycles. The van der Waals surface area contributed by atoms with Gasteiger partial charge >= 0.3 is 0 Å². The van der Waals surface area contributed by atoms with Crippen LogP contribution >= 0.6 is 38.5 Å². The zero-order chi connectivity index (χ0) is 14.8.